The third-order valence-corrected chi connectivity index (χ3v) is 11.8. The van der Waals surface area contributed by atoms with Gasteiger partial charge in [0.1, 0.15) is 54.9 Å². The van der Waals surface area contributed by atoms with Gasteiger partial charge >= 0.3 is 5.97 Å². The van der Waals surface area contributed by atoms with Crippen LogP contribution >= 0.6 is 0 Å². The summed E-state index contributed by atoms with van der Waals surface area (Å²) < 4.78 is 34.2. The van der Waals surface area contributed by atoms with Gasteiger partial charge in [0.05, 0.1) is 26.4 Å². The maximum Gasteiger partial charge on any atom is 0.306 e. The van der Waals surface area contributed by atoms with E-state index in [0.29, 0.717) is 13.0 Å². The predicted octanol–water partition coefficient (Wildman–Crippen LogP) is 7.35. The summed E-state index contributed by atoms with van der Waals surface area (Å²) in [5.74, 6) is -0.409. The highest BCUT2D eigenvalue weighted by Crippen LogP contribution is 2.26. The standard InChI is InChI=1S/C52H90O14/c1-3-5-7-9-11-13-15-17-18-19-20-21-22-24-26-28-30-32-34-36-61-38-41(64-44(54)35-33-31-29-27-25-23-16-14-12-10-8-6-4-2)39-62-51-50(60)48(58)46(56)43(66-51)40-63-52-49(59)47(57)45(55)42(37-53)65-52/h6,8,12-15,18-19,23,25,41-43,45-53,55-60H,3-5,7,9-11,16-17,20-22,24,26-40H2,1-2H3/b8-6-,14-12-,15-13-,19-18-,25-23-. The molecule has 0 saturated carbocycles. The van der Waals surface area contributed by atoms with Crippen molar-refractivity contribution in [1.29, 1.82) is 0 Å². The van der Waals surface area contributed by atoms with Gasteiger partial charge in [0.25, 0.3) is 0 Å². The summed E-state index contributed by atoms with van der Waals surface area (Å²) >= 11 is 0. The van der Waals surface area contributed by atoms with Crippen molar-refractivity contribution in [1.82, 2.24) is 0 Å². The van der Waals surface area contributed by atoms with Crippen LogP contribution in [-0.2, 0) is 33.2 Å². The minimum absolute atomic E-state index is 0.0430. The van der Waals surface area contributed by atoms with Crippen molar-refractivity contribution < 1.29 is 69.0 Å². The van der Waals surface area contributed by atoms with Crippen molar-refractivity contribution in [3.05, 3.63) is 60.8 Å². The molecule has 2 aliphatic heterocycles. The number of allylic oxidation sites excluding steroid dienone is 10. The highest BCUT2D eigenvalue weighted by atomic mass is 16.7. The van der Waals surface area contributed by atoms with Crippen molar-refractivity contribution in [3.63, 3.8) is 0 Å². The van der Waals surface area contributed by atoms with Crippen LogP contribution in [0.25, 0.3) is 0 Å². The van der Waals surface area contributed by atoms with Crippen molar-refractivity contribution in [2.75, 3.05) is 33.0 Å². The van der Waals surface area contributed by atoms with Gasteiger partial charge in [-0.05, 0) is 77.0 Å². The molecule has 11 atom stereocenters. The van der Waals surface area contributed by atoms with Gasteiger partial charge in [-0.15, -0.1) is 0 Å². The zero-order chi connectivity index (χ0) is 48.0. The Hall–Kier alpha value is -2.31. The van der Waals surface area contributed by atoms with Gasteiger partial charge in [-0.2, -0.15) is 0 Å². The molecule has 7 N–H and O–H groups in total. The van der Waals surface area contributed by atoms with E-state index < -0.39 is 86.7 Å². The molecule has 0 bridgehead atoms. The lowest BCUT2D eigenvalue weighted by atomic mass is 9.98. The second kappa shape index (κ2) is 39.5. The molecule has 0 radical (unpaired) electrons. The van der Waals surface area contributed by atoms with Crippen LogP contribution < -0.4 is 0 Å². The molecule has 0 aromatic rings. The number of unbranched alkanes of at least 4 members (excludes halogenated alkanes) is 15. The Labute approximate surface area is 396 Å². The second-order valence-corrected chi connectivity index (χ2v) is 17.6. The number of hydrogen-bond donors (Lipinski definition) is 7. The fraction of sp³-hybridized carbons (Fsp3) is 0.788. The molecule has 2 rings (SSSR count). The van der Waals surface area contributed by atoms with E-state index in [1.807, 2.05) is 0 Å². The van der Waals surface area contributed by atoms with Crippen LogP contribution in [0, 0.1) is 0 Å². The maximum atomic E-state index is 13.0. The van der Waals surface area contributed by atoms with Crippen molar-refractivity contribution >= 4 is 5.97 Å². The topological polar surface area (TPSA) is 214 Å². The van der Waals surface area contributed by atoms with Gasteiger partial charge in [0.15, 0.2) is 12.6 Å². The molecular formula is C52H90O14. The van der Waals surface area contributed by atoms with E-state index >= 15 is 0 Å². The fourth-order valence-corrected chi connectivity index (χ4v) is 7.62. The highest BCUT2D eigenvalue weighted by molar-refractivity contribution is 5.69. The van der Waals surface area contributed by atoms with E-state index in [2.05, 4.69) is 74.6 Å². The van der Waals surface area contributed by atoms with Crippen LogP contribution in [-0.4, -0.2) is 142 Å². The Kier molecular flexibility index (Phi) is 35.8. The molecule has 14 nitrogen and oxygen atoms in total. The SMILES string of the molecule is CC/C=C\C/C=C\C/C=C\CCCCCC(=O)OC(COCCCCCCCCCC/C=C\C/C=C\CCCCCC)COC1OC(COC2OC(CO)C(O)C(O)C2O)C(O)C(O)C1O. The molecule has 2 saturated heterocycles. The van der Waals surface area contributed by atoms with Gasteiger partial charge < -0.3 is 64.2 Å². The van der Waals surface area contributed by atoms with Gasteiger partial charge in [-0.25, -0.2) is 0 Å². The zero-order valence-corrected chi connectivity index (χ0v) is 40.4. The van der Waals surface area contributed by atoms with Crippen LogP contribution in [0.2, 0.25) is 0 Å². The van der Waals surface area contributed by atoms with E-state index in [-0.39, 0.29) is 19.6 Å². The first-order valence-corrected chi connectivity index (χ1v) is 25.4. The van der Waals surface area contributed by atoms with Gasteiger partial charge in [0.2, 0.25) is 0 Å². The van der Waals surface area contributed by atoms with Gasteiger partial charge in [-0.3, -0.25) is 4.79 Å². The lowest BCUT2D eigenvalue weighted by Gasteiger charge is -2.42. The molecule has 14 heteroatoms. The summed E-state index contributed by atoms with van der Waals surface area (Å²) in [4.78, 5) is 13.0. The highest BCUT2D eigenvalue weighted by Gasteiger charge is 2.47. The molecule has 0 aromatic carbocycles. The Morgan fingerprint density at radius 3 is 1.55 bits per heavy atom. The predicted molar refractivity (Wildman–Crippen MR) is 256 cm³/mol. The smallest absolute Gasteiger partial charge is 0.306 e. The average molecular weight is 939 g/mol. The van der Waals surface area contributed by atoms with Gasteiger partial charge in [0, 0.05) is 13.0 Å². The van der Waals surface area contributed by atoms with Crippen molar-refractivity contribution in [2.24, 2.45) is 0 Å². The summed E-state index contributed by atoms with van der Waals surface area (Å²) in [6.07, 6.45) is 30.0. The molecular weight excluding hydrogens is 849 g/mol. The van der Waals surface area contributed by atoms with Crippen LogP contribution in [0.15, 0.2) is 60.8 Å². The van der Waals surface area contributed by atoms with E-state index in [1.165, 1.54) is 64.2 Å². The quantitative estimate of drug-likeness (QED) is 0.0183. The van der Waals surface area contributed by atoms with Crippen molar-refractivity contribution in [2.45, 2.75) is 229 Å². The normalized spacial score (nSPS) is 26.8. The number of carbonyl (C=O) groups is 1. The number of carbonyl (C=O) groups excluding carboxylic acids is 1. The first kappa shape index (κ1) is 59.8. The number of hydrogen-bond acceptors (Lipinski definition) is 14. The van der Waals surface area contributed by atoms with Crippen LogP contribution in [0.1, 0.15) is 162 Å². The van der Waals surface area contributed by atoms with Crippen LogP contribution in [0.3, 0.4) is 0 Å². The summed E-state index contributed by atoms with van der Waals surface area (Å²) in [6.45, 7) is 3.49. The largest absolute Gasteiger partial charge is 0.457 e. The molecule has 2 aliphatic rings. The minimum Gasteiger partial charge on any atom is -0.457 e. The molecule has 66 heavy (non-hydrogen) atoms. The Balaban J connectivity index is 1.78. The summed E-state index contributed by atoms with van der Waals surface area (Å²) in [7, 11) is 0. The molecule has 0 aliphatic carbocycles. The van der Waals surface area contributed by atoms with E-state index in [0.717, 1.165) is 70.6 Å². The second-order valence-electron chi connectivity index (χ2n) is 17.6. The molecule has 11 unspecified atom stereocenters. The van der Waals surface area contributed by atoms with E-state index in [1.54, 1.807) is 0 Å². The Morgan fingerprint density at radius 1 is 0.515 bits per heavy atom. The number of esters is 1. The summed E-state index contributed by atoms with van der Waals surface area (Å²) in [5.41, 5.74) is 0. The van der Waals surface area contributed by atoms with Gasteiger partial charge in [-0.1, -0.05) is 139 Å². The Bertz CT molecular complexity index is 1320. The molecule has 0 amide bonds. The summed E-state index contributed by atoms with van der Waals surface area (Å²) in [5, 5.41) is 72.1. The maximum absolute atomic E-state index is 13.0. The molecule has 0 aromatic heterocycles. The molecule has 382 valence electrons. The average Bonchev–Trinajstić information content (AvgIpc) is 3.31. The van der Waals surface area contributed by atoms with Crippen molar-refractivity contribution in [3.8, 4) is 0 Å². The van der Waals surface area contributed by atoms with Crippen LogP contribution in [0.4, 0.5) is 0 Å². The number of rotatable bonds is 39. The van der Waals surface area contributed by atoms with E-state index in [4.69, 9.17) is 28.4 Å². The fourth-order valence-electron chi connectivity index (χ4n) is 7.62. The molecule has 2 heterocycles. The summed E-state index contributed by atoms with van der Waals surface area (Å²) in [6, 6.07) is 0. The first-order chi connectivity index (χ1) is 32.1. The zero-order valence-electron chi connectivity index (χ0n) is 40.4. The Morgan fingerprint density at radius 2 is 0.985 bits per heavy atom. The minimum atomic E-state index is -1.71. The van der Waals surface area contributed by atoms with Crippen LogP contribution in [0.5, 0.6) is 0 Å². The number of aliphatic hydroxyl groups is 7. The number of ether oxygens (including phenoxy) is 6. The third kappa shape index (κ3) is 27.0. The molecule has 0 spiro atoms. The lowest BCUT2D eigenvalue weighted by molar-refractivity contribution is -0.332. The molecule has 2 fully saturated rings. The van der Waals surface area contributed by atoms with E-state index in [9.17, 15) is 40.5 Å². The lowest BCUT2D eigenvalue weighted by Crippen LogP contribution is -2.61. The monoisotopic (exact) mass is 939 g/mol. The number of aliphatic hydroxyl groups excluding tert-OH is 7. The third-order valence-electron chi connectivity index (χ3n) is 11.8. The first-order valence-electron chi connectivity index (χ1n) is 25.4.